The number of likely N-dealkylation sites (N-methyl/N-ethyl adjacent to an activating group) is 1. The average Bonchev–Trinajstić information content (AvgIpc) is 2.46. The Bertz CT molecular complexity index is 601. The third-order valence-corrected chi connectivity index (χ3v) is 5.03. The van der Waals surface area contributed by atoms with Gasteiger partial charge in [-0.2, -0.15) is 0 Å². The average molecular weight is 432 g/mol. The van der Waals surface area contributed by atoms with Crippen LogP contribution in [0.15, 0.2) is 51.4 Å². The lowest BCUT2D eigenvalue weighted by Crippen LogP contribution is -2.23. The van der Waals surface area contributed by atoms with Crippen LogP contribution in [0.4, 0.5) is 0 Å². The fourth-order valence-corrected chi connectivity index (χ4v) is 3.73. The number of benzene rings is 2. The topological polar surface area (TPSA) is 12.0 Å². The molecule has 0 aliphatic carbocycles. The molecule has 0 bridgehead atoms. The van der Waals surface area contributed by atoms with Gasteiger partial charge in [-0.3, -0.25) is 0 Å². The van der Waals surface area contributed by atoms with E-state index < -0.39 is 0 Å². The lowest BCUT2D eigenvalue weighted by Gasteiger charge is -2.20. The molecule has 0 fully saturated rings. The largest absolute Gasteiger partial charge is 0.316 e. The van der Waals surface area contributed by atoms with Crippen LogP contribution in [0.3, 0.4) is 0 Å². The maximum absolute atomic E-state index is 6.37. The van der Waals surface area contributed by atoms with Gasteiger partial charge in [0.1, 0.15) is 0 Å². The summed E-state index contributed by atoms with van der Waals surface area (Å²) < 4.78 is 2.17. The van der Waals surface area contributed by atoms with E-state index >= 15 is 0 Å². The fraction of sp³-hybridized carbons (Fsp3) is 0.294. The summed E-state index contributed by atoms with van der Waals surface area (Å²) in [6.45, 7) is 4.03. The van der Waals surface area contributed by atoms with Gasteiger partial charge in [0.25, 0.3) is 0 Å². The second kappa shape index (κ2) is 8.33. The molecular formula is C17H18Br2ClN. The SMILES string of the molecule is CCNCC(Cc1ccc(Br)cc1Cl)c1ccccc1Br. The minimum absolute atomic E-state index is 0.388. The molecule has 0 spiro atoms. The van der Waals surface area contributed by atoms with E-state index in [9.17, 15) is 0 Å². The standard InChI is InChI=1S/C17H18Br2ClN/c1-2-21-11-13(15-5-3-4-6-16(15)19)9-12-7-8-14(18)10-17(12)20/h3-8,10,13,21H,2,9,11H2,1H3. The van der Waals surface area contributed by atoms with E-state index in [1.54, 1.807) is 0 Å². The van der Waals surface area contributed by atoms with Crippen molar-refractivity contribution in [1.82, 2.24) is 5.32 Å². The zero-order valence-corrected chi connectivity index (χ0v) is 15.8. The van der Waals surface area contributed by atoms with Gasteiger partial charge in [0.2, 0.25) is 0 Å². The van der Waals surface area contributed by atoms with Crippen molar-refractivity contribution in [2.45, 2.75) is 19.3 Å². The monoisotopic (exact) mass is 429 g/mol. The lowest BCUT2D eigenvalue weighted by atomic mass is 9.92. The van der Waals surface area contributed by atoms with Crippen LogP contribution in [0.2, 0.25) is 5.02 Å². The summed E-state index contributed by atoms with van der Waals surface area (Å²) >= 11 is 13.5. The van der Waals surface area contributed by atoms with Gasteiger partial charge in [-0.15, -0.1) is 0 Å². The summed E-state index contributed by atoms with van der Waals surface area (Å²) in [5.41, 5.74) is 2.50. The molecule has 1 N–H and O–H groups in total. The molecule has 0 amide bonds. The van der Waals surface area contributed by atoms with Crippen molar-refractivity contribution in [3.05, 3.63) is 67.6 Å². The fourth-order valence-electron chi connectivity index (χ4n) is 2.37. The van der Waals surface area contributed by atoms with Crippen LogP contribution in [-0.2, 0) is 6.42 Å². The van der Waals surface area contributed by atoms with Crippen molar-refractivity contribution in [3.8, 4) is 0 Å². The van der Waals surface area contributed by atoms with E-state index in [4.69, 9.17) is 11.6 Å². The summed E-state index contributed by atoms with van der Waals surface area (Å²) in [4.78, 5) is 0. The molecule has 21 heavy (non-hydrogen) atoms. The van der Waals surface area contributed by atoms with Crippen molar-refractivity contribution in [2.75, 3.05) is 13.1 Å². The summed E-state index contributed by atoms with van der Waals surface area (Å²) in [6.07, 6.45) is 0.918. The second-order valence-corrected chi connectivity index (χ2v) is 7.14. The lowest BCUT2D eigenvalue weighted by molar-refractivity contribution is 0.593. The summed E-state index contributed by atoms with van der Waals surface area (Å²) in [7, 11) is 0. The first-order chi connectivity index (χ1) is 10.1. The third-order valence-electron chi connectivity index (χ3n) is 3.47. The molecule has 1 atom stereocenters. The van der Waals surface area contributed by atoms with Gasteiger partial charge >= 0.3 is 0 Å². The van der Waals surface area contributed by atoms with Crippen molar-refractivity contribution in [1.29, 1.82) is 0 Å². The summed E-state index contributed by atoms with van der Waals surface area (Å²) in [5.74, 6) is 0.388. The predicted octanol–water partition coefficient (Wildman–Crippen LogP) is 5.80. The van der Waals surface area contributed by atoms with Crippen LogP contribution in [-0.4, -0.2) is 13.1 Å². The zero-order chi connectivity index (χ0) is 15.2. The molecule has 2 rings (SSSR count). The number of nitrogens with one attached hydrogen (secondary N) is 1. The minimum Gasteiger partial charge on any atom is -0.316 e. The maximum atomic E-state index is 6.37. The normalized spacial score (nSPS) is 12.4. The Morgan fingerprint density at radius 2 is 1.90 bits per heavy atom. The van der Waals surface area contributed by atoms with E-state index in [1.165, 1.54) is 11.1 Å². The zero-order valence-electron chi connectivity index (χ0n) is 11.9. The van der Waals surface area contributed by atoms with E-state index in [0.717, 1.165) is 33.5 Å². The minimum atomic E-state index is 0.388. The quantitative estimate of drug-likeness (QED) is 0.609. The van der Waals surface area contributed by atoms with Crippen LogP contribution in [0.25, 0.3) is 0 Å². The van der Waals surface area contributed by atoms with E-state index in [-0.39, 0.29) is 0 Å². The smallest absolute Gasteiger partial charge is 0.0449 e. The first kappa shape index (κ1) is 17.0. The molecule has 0 radical (unpaired) electrons. The number of rotatable bonds is 6. The molecule has 0 aliphatic rings. The van der Waals surface area contributed by atoms with Gasteiger partial charge in [-0.05, 0) is 42.3 Å². The van der Waals surface area contributed by atoms with Gasteiger partial charge in [0, 0.05) is 26.4 Å². The molecule has 1 unspecified atom stereocenters. The Balaban J connectivity index is 2.26. The van der Waals surface area contributed by atoms with Crippen molar-refractivity contribution in [3.63, 3.8) is 0 Å². The highest BCUT2D eigenvalue weighted by Crippen LogP contribution is 2.30. The van der Waals surface area contributed by atoms with Crippen LogP contribution in [0.1, 0.15) is 24.0 Å². The molecule has 2 aromatic rings. The maximum Gasteiger partial charge on any atom is 0.0449 e. The summed E-state index contributed by atoms with van der Waals surface area (Å²) in [6, 6.07) is 14.5. The van der Waals surface area contributed by atoms with Crippen LogP contribution in [0.5, 0.6) is 0 Å². The molecule has 1 nitrogen and oxygen atoms in total. The number of hydrogen-bond donors (Lipinski definition) is 1. The van der Waals surface area contributed by atoms with Gasteiger partial charge in [-0.1, -0.05) is 74.7 Å². The molecule has 0 aromatic heterocycles. The number of hydrogen-bond acceptors (Lipinski definition) is 1. The van der Waals surface area contributed by atoms with Crippen molar-refractivity contribution >= 4 is 43.5 Å². The Labute approximate surface area is 148 Å². The molecule has 4 heteroatoms. The second-order valence-electron chi connectivity index (χ2n) is 4.97. The Morgan fingerprint density at radius 3 is 2.57 bits per heavy atom. The van der Waals surface area contributed by atoms with Crippen LogP contribution in [0, 0.1) is 0 Å². The molecule has 0 saturated heterocycles. The van der Waals surface area contributed by atoms with Crippen molar-refractivity contribution < 1.29 is 0 Å². The molecule has 0 heterocycles. The van der Waals surface area contributed by atoms with Gasteiger partial charge < -0.3 is 5.32 Å². The molecule has 112 valence electrons. The van der Waals surface area contributed by atoms with Crippen molar-refractivity contribution in [2.24, 2.45) is 0 Å². The first-order valence-electron chi connectivity index (χ1n) is 7.01. The van der Waals surface area contributed by atoms with Gasteiger partial charge in [0.05, 0.1) is 0 Å². The van der Waals surface area contributed by atoms with Gasteiger partial charge in [-0.25, -0.2) is 0 Å². The highest BCUT2D eigenvalue weighted by Gasteiger charge is 2.16. The van der Waals surface area contributed by atoms with Gasteiger partial charge in [0.15, 0.2) is 0 Å². The van der Waals surface area contributed by atoms with Crippen LogP contribution < -0.4 is 5.32 Å². The Hall–Kier alpha value is -0.350. The first-order valence-corrected chi connectivity index (χ1v) is 8.97. The van der Waals surface area contributed by atoms with E-state index in [1.807, 2.05) is 18.2 Å². The third kappa shape index (κ3) is 4.82. The molecule has 0 aliphatic heterocycles. The molecular weight excluding hydrogens is 413 g/mol. The number of halogens is 3. The molecule has 2 aromatic carbocycles. The van der Waals surface area contributed by atoms with E-state index in [0.29, 0.717) is 5.92 Å². The summed E-state index contributed by atoms with van der Waals surface area (Å²) in [5, 5.41) is 4.27. The predicted molar refractivity (Wildman–Crippen MR) is 98.3 cm³/mol. The van der Waals surface area contributed by atoms with E-state index in [2.05, 4.69) is 68.4 Å². The Morgan fingerprint density at radius 1 is 1.14 bits per heavy atom. The highest BCUT2D eigenvalue weighted by atomic mass is 79.9. The Kier molecular flexibility index (Phi) is 6.74. The van der Waals surface area contributed by atoms with Crippen LogP contribution >= 0.6 is 43.5 Å². The molecule has 0 saturated carbocycles. The highest BCUT2D eigenvalue weighted by molar-refractivity contribution is 9.10.